The minimum atomic E-state index is -0.266. The number of hydrogen-bond acceptors (Lipinski definition) is 6. The molecule has 152 valence electrons. The molecule has 8 heteroatoms. The van der Waals surface area contributed by atoms with Gasteiger partial charge in [-0.05, 0) is 23.8 Å². The van der Waals surface area contributed by atoms with Crippen LogP contribution in [0.3, 0.4) is 0 Å². The van der Waals surface area contributed by atoms with Crippen molar-refractivity contribution in [3.8, 4) is 11.1 Å². The van der Waals surface area contributed by atoms with Crippen LogP contribution >= 0.6 is 0 Å². The highest BCUT2D eigenvalue weighted by molar-refractivity contribution is 5.66. The molecule has 1 aliphatic rings. The van der Waals surface area contributed by atoms with E-state index in [1.807, 2.05) is 43.0 Å². The summed E-state index contributed by atoms with van der Waals surface area (Å²) in [6.45, 7) is 2.98. The van der Waals surface area contributed by atoms with Gasteiger partial charge >= 0.3 is 0 Å². The molecule has 0 unspecified atom stereocenters. The van der Waals surface area contributed by atoms with Crippen LogP contribution in [0.1, 0.15) is 17.5 Å². The van der Waals surface area contributed by atoms with Gasteiger partial charge in [0.2, 0.25) is 5.95 Å². The highest BCUT2D eigenvalue weighted by atomic mass is 19.1. The number of morpholine rings is 1. The highest BCUT2D eigenvalue weighted by Crippen LogP contribution is 2.32. The van der Waals surface area contributed by atoms with Crippen molar-refractivity contribution >= 4 is 5.95 Å². The van der Waals surface area contributed by atoms with Crippen LogP contribution in [-0.4, -0.2) is 58.4 Å². The molecule has 3 heterocycles. The van der Waals surface area contributed by atoms with E-state index in [9.17, 15) is 4.39 Å². The van der Waals surface area contributed by atoms with Gasteiger partial charge in [0.15, 0.2) is 0 Å². The molecule has 0 amide bonds. The third kappa shape index (κ3) is 4.28. The first-order valence-electron chi connectivity index (χ1n) is 9.62. The number of ether oxygens (including phenoxy) is 1. The van der Waals surface area contributed by atoms with Crippen molar-refractivity contribution in [3.63, 3.8) is 0 Å². The molecule has 1 atom stereocenters. The van der Waals surface area contributed by atoms with E-state index < -0.39 is 0 Å². The summed E-state index contributed by atoms with van der Waals surface area (Å²) in [5.41, 5.74) is 3.72. The SMILES string of the molecule is CN(C)c1ncc(-c2ccc(F)cc2)c([C@@H]2CN(Cc3ccnn3C)CCO2)n1. The van der Waals surface area contributed by atoms with Crippen molar-refractivity contribution in [2.24, 2.45) is 7.05 Å². The molecule has 0 spiro atoms. The molecular formula is C21H25FN6O. The lowest BCUT2D eigenvalue weighted by molar-refractivity contribution is -0.0353. The molecule has 2 aromatic heterocycles. The monoisotopic (exact) mass is 396 g/mol. The maximum absolute atomic E-state index is 13.4. The lowest BCUT2D eigenvalue weighted by Crippen LogP contribution is -2.38. The van der Waals surface area contributed by atoms with E-state index in [0.29, 0.717) is 19.1 Å². The van der Waals surface area contributed by atoms with Gasteiger partial charge in [-0.25, -0.2) is 14.4 Å². The van der Waals surface area contributed by atoms with Crippen LogP contribution in [0.2, 0.25) is 0 Å². The van der Waals surface area contributed by atoms with Crippen LogP contribution in [0.15, 0.2) is 42.7 Å². The zero-order valence-electron chi connectivity index (χ0n) is 16.9. The lowest BCUT2D eigenvalue weighted by atomic mass is 10.0. The fourth-order valence-electron chi connectivity index (χ4n) is 3.50. The van der Waals surface area contributed by atoms with Crippen LogP contribution in [0.25, 0.3) is 11.1 Å². The Morgan fingerprint density at radius 1 is 1.21 bits per heavy atom. The van der Waals surface area contributed by atoms with Crippen LogP contribution in [0, 0.1) is 5.82 Å². The van der Waals surface area contributed by atoms with Crippen LogP contribution < -0.4 is 4.90 Å². The van der Waals surface area contributed by atoms with Gasteiger partial charge in [-0.2, -0.15) is 5.10 Å². The Bertz CT molecular complexity index is 972. The molecule has 0 N–H and O–H groups in total. The summed E-state index contributed by atoms with van der Waals surface area (Å²) in [6, 6.07) is 8.44. The second-order valence-corrected chi connectivity index (χ2v) is 7.41. The highest BCUT2D eigenvalue weighted by Gasteiger charge is 2.27. The van der Waals surface area contributed by atoms with Gasteiger partial charge in [0, 0.05) is 58.7 Å². The first kappa shape index (κ1) is 19.5. The number of hydrogen-bond donors (Lipinski definition) is 0. The Balaban J connectivity index is 1.65. The number of rotatable bonds is 5. The maximum atomic E-state index is 13.4. The van der Waals surface area contributed by atoms with Gasteiger partial charge in [-0.1, -0.05) is 12.1 Å². The first-order valence-corrected chi connectivity index (χ1v) is 9.62. The normalized spacial score (nSPS) is 17.4. The van der Waals surface area contributed by atoms with Crippen molar-refractivity contribution in [1.29, 1.82) is 0 Å². The molecule has 4 rings (SSSR count). The van der Waals surface area contributed by atoms with Crippen molar-refractivity contribution in [1.82, 2.24) is 24.6 Å². The maximum Gasteiger partial charge on any atom is 0.225 e. The van der Waals surface area contributed by atoms with Crippen LogP contribution in [0.5, 0.6) is 0 Å². The molecule has 1 aliphatic heterocycles. The van der Waals surface area contributed by atoms with E-state index in [1.54, 1.807) is 18.3 Å². The van der Waals surface area contributed by atoms with E-state index in [4.69, 9.17) is 9.72 Å². The molecule has 0 radical (unpaired) electrons. The van der Waals surface area contributed by atoms with Gasteiger partial charge in [-0.15, -0.1) is 0 Å². The Labute approximate surface area is 169 Å². The number of benzene rings is 1. The van der Waals surface area contributed by atoms with E-state index in [2.05, 4.69) is 15.0 Å². The molecule has 0 saturated carbocycles. The summed E-state index contributed by atoms with van der Waals surface area (Å²) in [4.78, 5) is 13.5. The average Bonchev–Trinajstić information content (AvgIpc) is 3.13. The lowest BCUT2D eigenvalue weighted by Gasteiger charge is -2.33. The second-order valence-electron chi connectivity index (χ2n) is 7.41. The zero-order chi connectivity index (χ0) is 20.4. The van der Waals surface area contributed by atoms with Crippen molar-refractivity contribution < 1.29 is 9.13 Å². The number of halogens is 1. The van der Waals surface area contributed by atoms with Gasteiger partial charge in [0.1, 0.15) is 11.9 Å². The van der Waals surface area contributed by atoms with Crippen LogP contribution in [-0.2, 0) is 18.3 Å². The molecule has 1 aromatic carbocycles. The summed E-state index contributed by atoms with van der Waals surface area (Å²) < 4.78 is 21.4. The molecule has 3 aromatic rings. The summed E-state index contributed by atoms with van der Waals surface area (Å²) in [6.07, 6.45) is 3.42. The fraction of sp³-hybridized carbons (Fsp3) is 0.381. The fourth-order valence-corrected chi connectivity index (χ4v) is 3.50. The van der Waals surface area contributed by atoms with Crippen molar-refractivity contribution in [2.45, 2.75) is 12.6 Å². The molecule has 1 saturated heterocycles. The number of aryl methyl sites for hydroxylation is 1. The number of aromatic nitrogens is 4. The van der Waals surface area contributed by atoms with E-state index in [-0.39, 0.29) is 11.9 Å². The van der Waals surface area contributed by atoms with E-state index >= 15 is 0 Å². The topological polar surface area (TPSA) is 59.3 Å². The smallest absolute Gasteiger partial charge is 0.225 e. The quantitative estimate of drug-likeness (QED) is 0.661. The Hall–Kier alpha value is -2.84. The molecule has 29 heavy (non-hydrogen) atoms. The number of nitrogens with zero attached hydrogens (tertiary/aromatic N) is 6. The summed E-state index contributed by atoms with van der Waals surface area (Å²) in [5, 5.41) is 4.25. The first-order chi connectivity index (χ1) is 14.0. The minimum absolute atomic E-state index is 0.196. The Morgan fingerprint density at radius 2 is 2.00 bits per heavy atom. The third-order valence-corrected chi connectivity index (χ3v) is 5.12. The molecule has 7 nitrogen and oxygen atoms in total. The molecular weight excluding hydrogens is 371 g/mol. The second kappa shape index (κ2) is 8.26. The standard InChI is InChI=1S/C21H25FN6O/c1-26(2)21-23-12-18(15-4-6-16(22)7-5-15)20(25-21)19-14-28(10-11-29-19)13-17-8-9-24-27(17)3/h4-9,12,19H,10-11,13-14H2,1-3H3/t19-/m0/s1. The predicted octanol–water partition coefficient (Wildman–Crippen LogP) is 2.66. The summed E-state index contributed by atoms with van der Waals surface area (Å²) >= 11 is 0. The zero-order valence-corrected chi connectivity index (χ0v) is 16.9. The van der Waals surface area contributed by atoms with Gasteiger partial charge in [0.05, 0.1) is 18.0 Å². The number of anilines is 1. The molecule has 0 bridgehead atoms. The van der Waals surface area contributed by atoms with Gasteiger partial charge < -0.3 is 9.64 Å². The average molecular weight is 396 g/mol. The Kier molecular flexibility index (Phi) is 5.55. The van der Waals surface area contributed by atoms with Gasteiger partial charge in [0.25, 0.3) is 0 Å². The summed E-state index contributed by atoms with van der Waals surface area (Å²) in [7, 11) is 5.77. The Morgan fingerprint density at radius 3 is 2.69 bits per heavy atom. The van der Waals surface area contributed by atoms with E-state index in [0.717, 1.165) is 35.6 Å². The van der Waals surface area contributed by atoms with Crippen LogP contribution in [0.4, 0.5) is 10.3 Å². The van der Waals surface area contributed by atoms with Crippen molar-refractivity contribution in [2.75, 3.05) is 38.7 Å². The molecule has 1 fully saturated rings. The minimum Gasteiger partial charge on any atom is -0.369 e. The largest absolute Gasteiger partial charge is 0.369 e. The van der Waals surface area contributed by atoms with Gasteiger partial charge in [-0.3, -0.25) is 9.58 Å². The third-order valence-electron chi connectivity index (χ3n) is 5.12. The summed E-state index contributed by atoms with van der Waals surface area (Å²) in [5.74, 6) is 0.357. The van der Waals surface area contributed by atoms with Crippen molar-refractivity contribution in [3.05, 3.63) is 59.9 Å². The predicted molar refractivity (Wildman–Crippen MR) is 109 cm³/mol. The molecule has 0 aliphatic carbocycles. The van der Waals surface area contributed by atoms with E-state index in [1.165, 1.54) is 12.1 Å².